The number of hydrogen-bond donors (Lipinski definition) is 2. The van der Waals surface area contributed by atoms with Gasteiger partial charge in [0.1, 0.15) is 0 Å². The third-order valence-corrected chi connectivity index (χ3v) is 5.14. The number of benzene rings is 1. The molecule has 0 bridgehead atoms. The van der Waals surface area contributed by atoms with Gasteiger partial charge in [-0.25, -0.2) is 4.98 Å². The highest BCUT2D eigenvalue weighted by molar-refractivity contribution is 5.97. The zero-order valence-corrected chi connectivity index (χ0v) is 15.6. The number of H-pyrrole nitrogens is 1. The molecule has 0 aliphatic carbocycles. The predicted molar refractivity (Wildman–Crippen MR) is 109 cm³/mol. The van der Waals surface area contributed by atoms with E-state index in [1.165, 1.54) is 0 Å². The zero-order valence-electron chi connectivity index (χ0n) is 15.6. The maximum Gasteiger partial charge on any atom is 0.251 e. The molecule has 144 valence electrons. The molecule has 4 aromatic rings. The van der Waals surface area contributed by atoms with Gasteiger partial charge in [-0.2, -0.15) is 0 Å². The number of aromatic amines is 1. The van der Waals surface area contributed by atoms with E-state index in [4.69, 9.17) is 0 Å². The van der Waals surface area contributed by atoms with Crippen molar-refractivity contribution in [2.75, 3.05) is 24.5 Å². The van der Waals surface area contributed by atoms with Gasteiger partial charge >= 0.3 is 0 Å². The highest BCUT2D eigenvalue weighted by atomic mass is 16.1. The van der Waals surface area contributed by atoms with Gasteiger partial charge < -0.3 is 15.2 Å². The number of pyridine rings is 1. The standard InChI is InChI=1S/C21H19N7O/c29-21(16-1-2-18-19(9-16)25-13-24-18)23-10-14-11-28(12-14)20-4-3-17(26-27-20)15-5-7-22-8-6-15/h1-9,13-14H,10-12H2,(H,23,29)(H,24,25). The summed E-state index contributed by atoms with van der Waals surface area (Å²) in [5.74, 6) is 1.19. The summed E-state index contributed by atoms with van der Waals surface area (Å²) in [5.41, 5.74) is 4.18. The van der Waals surface area contributed by atoms with Crippen LogP contribution in [0, 0.1) is 5.92 Å². The van der Waals surface area contributed by atoms with Crippen molar-refractivity contribution in [2.45, 2.75) is 0 Å². The fourth-order valence-electron chi connectivity index (χ4n) is 3.47. The molecule has 3 aromatic heterocycles. The zero-order chi connectivity index (χ0) is 19.6. The minimum atomic E-state index is -0.0681. The van der Waals surface area contributed by atoms with Crippen LogP contribution in [0.2, 0.25) is 0 Å². The summed E-state index contributed by atoms with van der Waals surface area (Å²) < 4.78 is 0. The van der Waals surface area contributed by atoms with Gasteiger partial charge in [0.05, 0.1) is 23.1 Å². The first-order chi connectivity index (χ1) is 14.3. The number of amides is 1. The third-order valence-electron chi connectivity index (χ3n) is 5.14. The lowest BCUT2D eigenvalue weighted by molar-refractivity contribution is 0.0944. The van der Waals surface area contributed by atoms with E-state index in [0.29, 0.717) is 18.0 Å². The molecule has 0 radical (unpaired) electrons. The number of aromatic nitrogens is 5. The molecule has 0 spiro atoms. The number of rotatable bonds is 5. The molecule has 2 N–H and O–H groups in total. The SMILES string of the molecule is O=C(NCC1CN(c2ccc(-c3ccncc3)nn2)C1)c1ccc2nc[nH]c2c1. The van der Waals surface area contributed by atoms with Gasteiger partial charge in [0, 0.05) is 49.1 Å². The van der Waals surface area contributed by atoms with Crippen LogP contribution >= 0.6 is 0 Å². The second-order valence-corrected chi connectivity index (χ2v) is 7.13. The van der Waals surface area contributed by atoms with Crippen molar-refractivity contribution >= 4 is 22.8 Å². The number of imidazole rings is 1. The number of carbonyl (C=O) groups is 1. The summed E-state index contributed by atoms with van der Waals surface area (Å²) in [4.78, 5) is 25.8. The van der Waals surface area contributed by atoms with Crippen LogP contribution in [0.25, 0.3) is 22.3 Å². The van der Waals surface area contributed by atoms with Gasteiger partial charge in [0.25, 0.3) is 5.91 Å². The van der Waals surface area contributed by atoms with Crippen LogP contribution in [0.4, 0.5) is 5.82 Å². The molecule has 8 nitrogen and oxygen atoms in total. The average Bonchev–Trinajstić information content (AvgIpc) is 3.21. The normalized spacial score (nSPS) is 14.0. The fourth-order valence-corrected chi connectivity index (χ4v) is 3.47. The van der Waals surface area contributed by atoms with Crippen LogP contribution in [-0.2, 0) is 0 Å². The first kappa shape index (κ1) is 17.3. The lowest BCUT2D eigenvalue weighted by atomic mass is 10.00. The quantitative estimate of drug-likeness (QED) is 0.547. The Balaban J connectivity index is 1.14. The summed E-state index contributed by atoms with van der Waals surface area (Å²) in [6.07, 6.45) is 5.11. The first-order valence-electron chi connectivity index (χ1n) is 9.47. The Labute approximate surface area is 167 Å². The topological polar surface area (TPSA) is 99.7 Å². The predicted octanol–water partition coefficient (Wildman–Crippen LogP) is 2.28. The Morgan fingerprint density at radius 2 is 1.97 bits per heavy atom. The van der Waals surface area contributed by atoms with Crippen LogP contribution in [0.3, 0.4) is 0 Å². The van der Waals surface area contributed by atoms with E-state index in [9.17, 15) is 4.79 Å². The smallest absolute Gasteiger partial charge is 0.251 e. The van der Waals surface area contributed by atoms with Crippen LogP contribution in [0.15, 0.2) is 61.2 Å². The number of nitrogens with one attached hydrogen (secondary N) is 2. The molecule has 29 heavy (non-hydrogen) atoms. The minimum absolute atomic E-state index is 0.0681. The fraction of sp³-hybridized carbons (Fsp3) is 0.190. The number of nitrogens with zero attached hydrogens (tertiary/aromatic N) is 5. The Bertz CT molecular complexity index is 1130. The van der Waals surface area contributed by atoms with Crippen molar-refractivity contribution in [2.24, 2.45) is 5.92 Å². The minimum Gasteiger partial charge on any atom is -0.354 e. The molecule has 1 amide bonds. The highest BCUT2D eigenvalue weighted by Gasteiger charge is 2.28. The summed E-state index contributed by atoms with van der Waals surface area (Å²) in [5, 5.41) is 11.7. The number of anilines is 1. The van der Waals surface area contributed by atoms with Crippen LogP contribution in [0.1, 0.15) is 10.4 Å². The van der Waals surface area contributed by atoms with Gasteiger partial charge in [-0.15, -0.1) is 10.2 Å². The third kappa shape index (κ3) is 3.52. The van der Waals surface area contributed by atoms with E-state index in [1.807, 2.05) is 36.4 Å². The number of hydrogen-bond acceptors (Lipinski definition) is 6. The Kier molecular flexibility index (Phi) is 4.36. The van der Waals surface area contributed by atoms with Gasteiger partial charge in [0.15, 0.2) is 5.82 Å². The van der Waals surface area contributed by atoms with Crippen LogP contribution in [0.5, 0.6) is 0 Å². The number of fused-ring (bicyclic) bond motifs is 1. The van der Waals surface area contributed by atoms with Crippen molar-refractivity contribution in [3.8, 4) is 11.3 Å². The van der Waals surface area contributed by atoms with Crippen molar-refractivity contribution in [1.29, 1.82) is 0 Å². The van der Waals surface area contributed by atoms with E-state index in [-0.39, 0.29) is 5.91 Å². The van der Waals surface area contributed by atoms with E-state index in [1.54, 1.807) is 24.8 Å². The monoisotopic (exact) mass is 385 g/mol. The first-order valence-corrected chi connectivity index (χ1v) is 9.47. The molecule has 1 aliphatic heterocycles. The molecule has 0 atom stereocenters. The van der Waals surface area contributed by atoms with Crippen molar-refractivity contribution in [3.63, 3.8) is 0 Å². The van der Waals surface area contributed by atoms with E-state index in [0.717, 1.165) is 41.2 Å². The van der Waals surface area contributed by atoms with E-state index < -0.39 is 0 Å². The summed E-state index contributed by atoms with van der Waals surface area (Å²) >= 11 is 0. The van der Waals surface area contributed by atoms with E-state index >= 15 is 0 Å². The summed E-state index contributed by atoms with van der Waals surface area (Å²) in [7, 11) is 0. The molecule has 1 saturated heterocycles. The van der Waals surface area contributed by atoms with Gasteiger partial charge in [0.2, 0.25) is 0 Å². The molecule has 1 fully saturated rings. The average molecular weight is 385 g/mol. The second kappa shape index (κ2) is 7.31. The second-order valence-electron chi connectivity index (χ2n) is 7.13. The molecular formula is C21H19N7O. The molecule has 4 heterocycles. The van der Waals surface area contributed by atoms with Crippen LogP contribution < -0.4 is 10.2 Å². The van der Waals surface area contributed by atoms with Crippen molar-refractivity contribution < 1.29 is 4.79 Å². The lowest BCUT2D eigenvalue weighted by Crippen LogP contribution is -2.51. The van der Waals surface area contributed by atoms with Gasteiger partial charge in [-0.3, -0.25) is 9.78 Å². The van der Waals surface area contributed by atoms with E-state index in [2.05, 4.69) is 35.4 Å². The molecule has 1 aromatic carbocycles. The molecule has 8 heteroatoms. The van der Waals surface area contributed by atoms with Crippen molar-refractivity contribution in [1.82, 2.24) is 30.5 Å². The Morgan fingerprint density at radius 1 is 1.10 bits per heavy atom. The highest BCUT2D eigenvalue weighted by Crippen LogP contribution is 2.23. The molecule has 5 rings (SSSR count). The maximum absolute atomic E-state index is 12.4. The van der Waals surface area contributed by atoms with Crippen molar-refractivity contribution in [3.05, 3.63) is 66.7 Å². The Hall–Kier alpha value is -3.81. The van der Waals surface area contributed by atoms with Gasteiger partial charge in [-0.05, 0) is 42.5 Å². The number of carbonyl (C=O) groups excluding carboxylic acids is 1. The Morgan fingerprint density at radius 3 is 2.76 bits per heavy atom. The van der Waals surface area contributed by atoms with Crippen LogP contribution in [-0.4, -0.2) is 50.7 Å². The van der Waals surface area contributed by atoms with Gasteiger partial charge in [-0.1, -0.05) is 0 Å². The molecule has 1 aliphatic rings. The summed E-state index contributed by atoms with van der Waals surface area (Å²) in [6.45, 7) is 2.34. The molecule has 0 saturated carbocycles. The molecule has 0 unspecified atom stereocenters. The molecular weight excluding hydrogens is 366 g/mol. The maximum atomic E-state index is 12.4. The largest absolute Gasteiger partial charge is 0.354 e. The lowest BCUT2D eigenvalue weighted by Gasteiger charge is -2.39. The summed E-state index contributed by atoms with van der Waals surface area (Å²) in [6, 6.07) is 13.2.